The third-order valence-corrected chi connectivity index (χ3v) is 4.82. The number of carbonyl (C=O) groups excluding carboxylic acids is 2. The van der Waals surface area contributed by atoms with E-state index in [4.69, 9.17) is 0 Å². The zero-order chi connectivity index (χ0) is 20.8. The molecule has 0 bridgehead atoms. The van der Waals surface area contributed by atoms with Crippen molar-refractivity contribution < 1.29 is 14.5 Å². The van der Waals surface area contributed by atoms with Crippen molar-refractivity contribution in [2.75, 3.05) is 45.0 Å². The molecule has 0 saturated heterocycles. The molecule has 2 amide bonds. The lowest BCUT2D eigenvalue weighted by Crippen LogP contribution is -3.07. The number of likely N-dealkylation sites (N-methyl/N-ethyl adjacent to an activating group) is 1. The molecule has 0 saturated carbocycles. The van der Waals surface area contributed by atoms with E-state index in [2.05, 4.69) is 34.9 Å². The van der Waals surface area contributed by atoms with Crippen molar-refractivity contribution in [1.29, 1.82) is 0 Å². The largest absolute Gasteiger partial charge is 0.378 e. The second-order valence-electron chi connectivity index (χ2n) is 7.60. The van der Waals surface area contributed by atoms with Gasteiger partial charge in [0.2, 0.25) is 0 Å². The summed E-state index contributed by atoms with van der Waals surface area (Å²) in [6.07, 6.45) is 0. The Morgan fingerprint density at radius 3 is 2.21 bits per heavy atom. The van der Waals surface area contributed by atoms with Crippen LogP contribution in [0.3, 0.4) is 0 Å². The van der Waals surface area contributed by atoms with Gasteiger partial charge >= 0.3 is 11.8 Å². The number of anilines is 2. The van der Waals surface area contributed by atoms with Crippen molar-refractivity contribution in [1.82, 2.24) is 5.32 Å². The maximum Gasteiger partial charge on any atom is 0.313 e. The van der Waals surface area contributed by atoms with Gasteiger partial charge in [0.15, 0.2) is 0 Å². The first-order valence-electron chi connectivity index (χ1n) is 9.42. The summed E-state index contributed by atoms with van der Waals surface area (Å²) in [5.41, 5.74) is 4.84. The van der Waals surface area contributed by atoms with Crippen LogP contribution in [0.15, 0.2) is 42.5 Å². The highest BCUT2D eigenvalue weighted by molar-refractivity contribution is 6.39. The van der Waals surface area contributed by atoms with E-state index in [1.54, 1.807) is 0 Å². The van der Waals surface area contributed by atoms with Crippen molar-refractivity contribution in [2.45, 2.75) is 19.9 Å². The lowest BCUT2D eigenvalue weighted by atomic mass is 10.1. The Balaban J connectivity index is 2.01. The van der Waals surface area contributed by atoms with E-state index in [9.17, 15) is 9.59 Å². The van der Waals surface area contributed by atoms with Crippen molar-refractivity contribution in [3.05, 3.63) is 59.2 Å². The first kappa shape index (κ1) is 21.4. The van der Waals surface area contributed by atoms with E-state index in [0.29, 0.717) is 12.2 Å². The highest BCUT2D eigenvalue weighted by Gasteiger charge is 2.21. The molecule has 0 heterocycles. The van der Waals surface area contributed by atoms with Crippen molar-refractivity contribution >= 4 is 23.2 Å². The number of rotatable bonds is 6. The van der Waals surface area contributed by atoms with Crippen molar-refractivity contribution in [2.24, 2.45) is 0 Å². The van der Waals surface area contributed by atoms with Crippen LogP contribution in [0.25, 0.3) is 0 Å². The van der Waals surface area contributed by atoms with Gasteiger partial charge in [0.05, 0.1) is 20.6 Å². The zero-order valence-electron chi connectivity index (χ0n) is 17.6. The summed E-state index contributed by atoms with van der Waals surface area (Å²) in [5.74, 6) is -1.28. The van der Waals surface area contributed by atoms with Gasteiger partial charge in [-0.25, -0.2) is 0 Å². The highest BCUT2D eigenvalue weighted by atomic mass is 16.2. The number of quaternary nitrogens is 1. The number of hydrogen-bond acceptors (Lipinski definition) is 3. The number of aryl methyl sites for hydroxylation is 2. The van der Waals surface area contributed by atoms with Crippen LogP contribution >= 0.6 is 0 Å². The number of nitrogens with zero attached hydrogens (tertiary/aromatic N) is 1. The van der Waals surface area contributed by atoms with E-state index >= 15 is 0 Å². The summed E-state index contributed by atoms with van der Waals surface area (Å²) < 4.78 is 0. The number of nitrogens with one attached hydrogen (secondary N) is 3. The standard InChI is InChI=1S/C22H30N4O2/c1-15-7-8-16(2)19(13-15)24-22(28)21(27)23-14-20(26(5)6)17-9-11-18(12-10-17)25(3)4/h7-13,20H,14H2,1-6H3,(H,23,27)(H,24,28)/p+1/t20-/m0/s1. The van der Waals surface area contributed by atoms with Gasteiger partial charge in [-0.2, -0.15) is 0 Å². The molecule has 0 aliphatic heterocycles. The van der Waals surface area contributed by atoms with Gasteiger partial charge in [0, 0.05) is 31.0 Å². The summed E-state index contributed by atoms with van der Waals surface area (Å²) in [6.45, 7) is 4.22. The smallest absolute Gasteiger partial charge is 0.313 e. The van der Waals surface area contributed by atoms with Gasteiger partial charge in [-0.1, -0.05) is 24.3 Å². The maximum absolute atomic E-state index is 12.3. The Labute approximate surface area is 167 Å². The average molecular weight is 384 g/mol. The molecule has 28 heavy (non-hydrogen) atoms. The van der Waals surface area contributed by atoms with Gasteiger partial charge < -0.3 is 20.4 Å². The Hall–Kier alpha value is -2.86. The number of hydrogen-bond donors (Lipinski definition) is 3. The molecule has 0 aliphatic rings. The SMILES string of the molecule is Cc1ccc(C)c(NC(=O)C(=O)NC[C@@H](c2ccc(N(C)C)cc2)[NH+](C)C)c1. The number of carbonyl (C=O) groups is 2. The molecule has 0 aromatic heterocycles. The molecule has 6 nitrogen and oxygen atoms in total. The van der Waals surface area contributed by atoms with Crippen LogP contribution in [0, 0.1) is 13.8 Å². The van der Waals surface area contributed by atoms with Crippen LogP contribution in [0.1, 0.15) is 22.7 Å². The lowest BCUT2D eigenvalue weighted by molar-refractivity contribution is -0.890. The predicted molar refractivity (Wildman–Crippen MR) is 114 cm³/mol. The molecule has 2 aromatic rings. The first-order chi connectivity index (χ1) is 13.2. The molecule has 0 radical (unpaired) electrons. The second kappa shape index (κ2) is 9.37. The third kappa shape index (κ3) is 5.57. The number of benzene rings is 2. The normalized spacial score (nSPS) is 11.8. The lowest BCUT2D eigenvalue weighted by Gasteiger charge is -2.23. The monoisotopic (exact) mass is 383 g/mol. The molecule has 0 unspecified atom stereocenters. The van der Waals surface area contributed by atoms with Crippen LogP contribution < -0.4 is 20.4 Å². The van der Waals surface area contributed by atoms with E-state index in [1.165, 1.54) is 4.90 Å². The average Bonchev–Trinajstić information content (AvgIpc) is 2.64. The van der Waals surface area contributed by atoms with Crippen molar-refractivity contribution in [3.8, 4) is 0 Å². The fraction of sp³-hybridized carbons (Fsp3) is 0.364. The summed E-state index contributed by atoms with van der Waals surface area (Å²) in [6, 6.07) is 14.0. The summed E-state index contributed by atoms with van der Waals surface area (Å²) in [5, 5.41) is 5.47. The highest BCUT2D eigenvalue weighted by Crippen LogP contribution is 2.17. The maximum atomic E-state index is 12.3. The molecule has 0 spiro atoms. The van der Waals surface area contributed by atoms with Crippen LogP contribution in [0.4, 0.5) is 11.4 Å². The zero-order valence-corrected chi connectivity index (χ0v) is 17.6. The third-order valence-electron chi connectivity index (χ3n) is 4.82. The van der Waals surface area contributed by atoms with Gasteiger partial charge in [0.1, 0.15) is 6.04 Å². The molecular formula is C22H31N4O2+. The Morgan fingerprint density at radius 2 is 1.64 bits per heavy atom. The molecule has 3 N–H and O–H groups in total. The Kier molecular flexibility index (Phi) is 7.18. The van der Waals surface area contributed by atoms with Crippen molar-refractivity contribution in [3.63, 3.8) is 0 Å². The van der Waals surface area contributed by atoms with E-state index in [1.807, 2.05) is 65.1 Å². The minimum absolute atomic E-state index is 0.0497. The van der Waals surface area contributed by atoms with E-state index < -0.39 is 11.8 Å². The quantitative estimate of drug-likeness (QED) is 0.659. The number of amides is 2. The van der Waals surface area contributed by atoms with Gasteiger partial charge in [-0.05, 0) is 43.2 Å². The minimum atomic E-state index is -0.649. The van der Waals surface area contributed by atoms with Gasteiger partial charge in [-0.15, -0.1) is 0 Å². The second-order valence-corrected chi connectivity index (χ2v) is 7.60. The van der Waals surface area contributed by atoms with Crippen LogP contribution in [0.2, 0.25) is 0 Å². The fourth-order valence-electron chi connectivity index (χ4n) is 2.98. The van der Waals surface area contributed by atoms with E-state index in [-0.39, 0.29) is 6.04 Å². The summed E-state index contributed by atoms with van der Waals surface area (Å²) in [4.78, 5) is 27.8. The molecule has 2 rings (SSSR count). The first-order valence-corrected chi connectivity index (χ1v) is 9.42. The van der Waals surface area contributed by atoms with E-state index in [0.717, 1.165) is 22.4 Å². The van der Waals surface area contributed by atoms with Gasteiger partial charge in [-0.3, -0.25) is 9.59 Å². The van der Waals surface area contributed by atoms with Crippen LogP contribution in [-0.2, 0) is 9.59 Å². The van der Waals surface area contributed by atoms with Gasteiger partial charge in [0.25, 0.3) is 0 Å². The predicted octanol–water partition coefficient (Wildman–Crippen LogP) is 1.31. The Morgan fingerprint density at radius 1 is 1.00 bits per heavy atom. The van der Waals surface area contributed by atoms with Crippen LogP contribution in [-0.4, -0.2) is 46.5 Å². The summed E-state index contributed by atoms with van der Waals surface area (Å²) in [7, 11) is 8.07. The summed E-state index contributed by atoms with van der Waals surface area (Å²) >= 11 is 0. The van der Waals surface area contributed by atoms with Crippen LogP contribution in [0.5, 0.6) is 0 Å². The molecule has 0 fully saturated rings. The molecule has 2 aromatic carbocycles. The molecular weight excluding hydrogens is 352 g/mol. The molecule has 150 valence electrons. The molecule has 0 aliphatic carbocycles. The fourth-order valence-corrected chi connectivity index (χ4v) is 2.98. The minimum Gasteiger partial charge on any atom is -0.378 e. The Bertz CT molecular complexity index is 829. The molecule has 1 atom stereocenters. The topological polar surface area (TPSA) is 65.9 Å². The molecule has 6 heteroatoms.